The lowest BCUT2D eigenvalue weighted by Crippen LogP contribution is -2.31. The Morgan fingerprint density at radius 2 is 2.00 bits per heavy atom. The summed E-state index contributed by atoms with van der Waals surface area (Å²) < 4.78 is 18.7. The molecule has 0 N–H and O–H groups in total. The van der Waals surface area contributed by atoms with Crippen molar-refractivity contribution in [1.29, 1.82) is 5.26 Å². The largest absolute Gasteiger partial charge is 0.451 e. The zero-order valence-electron chi connectivity index (χ0n) is 13.9. The smallest absolute Gasteiger partial charge is 0.289 e. The van der Waals surface area contributed by atoms with Crippen molar-refractivity contribution in [3.63, 3.8) is 0 Å². The van der Waals surface area contributed by atoms with Gasteiger partial charge in [-0.05, 0) is 48.0 Å². The second kappa shape index (κ2) is 8.08. The van der Waals surface area contributed by atoms with Crippen LogP contribution in [-0.4, -0.2) is 22.3 Å². The van der Waals surface area contributed by atoms with Crippen molar-refractivity contribution in [2.75, 3.05) is 6.54 Å². The fourth-order valence-corrected chi connectivity index (χ4v) is 2.53. The standard InChI is InChI=1S/C20H16FN3O2/c21-17-6-4-16(5-7-17)18-8-9-19(26-18)20(25)24(12-2-10-22)14-15-3-1-11-23-13-15/h1,3-9,11,13H,2,12,14H2. The summed E-state index contributed by atoms with van der Waals surface area (Å²) in [4.78, 5) is 18.4. The fourth-order valence-electron chi connectivity index (χ4n) is 2.53. The van der Waals surface area contributed by atoms with Crippen molar-refractivity contribution in [1.82, 2.24) is 9.88 Å². The van der Waals surface area contributed by atoms with E-state index in [9.17, 15) is 9.18 Å². The molecule has 3 rings (SSSR count). The van der Waals surface area contributed by atoms with Crippen LogP contribution in [0, 0.1) is 17.1 Å². The number of halogens is 1. The van der Waals surface area contributed by atoms with Crippen molar-refractivity contribution in [3.8, 4) is 17.4 Å². The Labute approximate surface area is 150 Å². The highest BCUT2D eigenvalue weighted by molar-refractivity contribution is 5.92. The normalized spacial score (nSPS) is 10.3. The molecular formula is C20H16FN3O2. The third-order valence-corrected chi connectivity index (χ3v) is 3.82. The molecule has 0 aliphatic carbocycles. The van der Waals surface area contributed by atoms with Crippen molar-refractivity contribution < 1.29 is 13.6 Å². The van der Waals surface area contributed by atoms with Crippen LogP contribution in [0.5, 0.6) is 0 Å². The zero-order valence-corrected chi connectivity index (χ0v) is 13.9. The summed E-state index contributed by atoms with van der Waals surface area (Å²) in [6.07, 6.45) is 3.56. The van der Waals surface area contributed by atoms with E-state index in [0.29, 0.717) is 17.9 Å². The summed E-state index contributed by atoms with van der Waals surface area (Å²) in [7, 11) is 0. The quantitative estimate of drug-likeness (QED) is 0.673. The molecule has 26 heavy (non-hydrogen) atoms. The summed E-state index contributed by atoms with van der Waals surface area (Å²) >= 11 is 0. The van der Waals surface area contributed by atoms with E-state index in [1.807, 2.05) is 6.07 Å². The van der Waals surface area contributed by atoms with Gasteiger partial charge in [0.2, 0.25) is 0 Å². The molecule has 3 aromatic rings. The SMILES string of the molecule is N#CCCN(Cc1cccnc1)C(=O)c1ccc(-c2ccc(F)cc2)o1. The van der Waals surface area contributed by atoms with E-state index < -0.39 is 0 Å². The number of furan rings is 1. The number of nitriles is 1. The number of hydrogen-bond donors (Lipinski definition) is 0. The Kier molecular flexibility index (Phi) is 5.40. The van der Waals surface area contributed by atoms with Gasteiger partial charge in [0, 0.05) is 31.0 Å². The van der Waals surface area contributed by atoms with Crippen molar-refractivity contribution >= 4 is 5.91 Å². The summed E-state index contributed by atoms with van der Waals surface area (Å²) in [5, 5.41) is 8.85. The Bertz CT molecular complexity index is 914. The molecule has 1 aromatic carbocycles. The van der Waals surface area contributed by atoms with Gasteiger partial charge in [-0.2, -0.15) is 5.26 Å². The second-order valence-electron chi connectivity index (χ2n) is 5.67. The predicted molar refractivity (Wildman–Crippen MR) is 93.3 cm³/mol. The lowest BCUT2D eigenvalue weighted by Gasteiger charge is -2.20. The third kappa shape index (κ3) is 4.14. The molecular weight excluding hydrogens is 333 g/mol. The summed E-state index contributed by atoms with van der Waals surface area (Å²) in [5.41, 5.74) is 1.55. The van der Waals surface area contributed by atoms with E-state index in [1.165, 1.54) is 12.1 Å². The molecule has 2 aromatic heterocycles. The first kappa shape index (κ1) is 17.4. The molecule has 0 aliphatic rings. The number of aromatic nitrogens is 1. The maximum atomic E-state index is 13.0. The van der Waals surface area contributed by atoms with Crippen LogP contribution in [0.2, 0.25) is 0 Å². The van der Waals surface area contributed by atoms with Crippen LogP contribution < -0.4 is 0 Å². The first-order valence-electron chi connectivity index (χ1n) is 8.08. The monoisotopic (exact) mass is 349 g/mol. The molecule has 0 aliphatic heterocycles. The zero-order chi connectivity index (χ0) is 18.4. The number of rotatable bonds is 6. The van der Waals surface area contributed by atoms with Gasteiger partial charge in [-0.15, -0.1) is 0 Å². The lowest BCUT2D eigenvalue weighted by atomic mass is 10.2. The first-order valence-corrected chi connectivity index (χ1v) is 8.08. The number of carbonyl (C=O) groups is 1. The van der Waals surface area contributed by atoms with E-state index in [-0.39, 0.29) is 30.5 Å². The van der Waals surface area contributed by atoms with Crippen molar-refractivity contribution in [2.45, 2.75) is 13.0 Å². The number of pyridine rings is 1. The van der Waals surface area contributed by atoms with E-state index in [0.717, 1.165) is 5.56 Å². The molecule has 0 saturated heterocycles. The van der Waals surface area contributed by atoms with Gasteiger partial charge in [0.15, 0.2) is 5.76 Å². The topological polar surface area (TPSA) is 70.1 Å². The van der Waals surface area contributed by atoms with Gasteiger partial charge in [0.25, 0.3) is 5.91 Å². The van der Waals surface area contributed by atoms with E-state index in [4.69, 9.17) is 9.68 Å². The van der Waals surface area contributed by atoms with Crippen molar-refractivity contribution in [2.24, 2.45) is 0 Å². The highest BCUT2D eigenvalue weighted by Crippen LogP contribution is 2.23. The molecule has 1 amide bonds. The maximum Gasteiger partial charge on any atom is 0.289 e. The second-order valence-corrected chi connectivity index (χ2v) is 5.67. The Hall–Kier alpha value is -3.46. The Balaban J connectivity index is 1.80. The van der Waals surface area contributed by atoms with Gasteiger partial charge >= 0.3 is 0 Å². The van der Waals surface area contributed by atoms with Crippen LogP contribution >= 0.6 is 0 Å². The summed E-state index contributed by atoms with van der Waals surface area (Å²) in [6.45, 7) is 0.623. The number of hydrogen-bond acceptors (Lipinski definition) is 4. The molecule has 0 saturated carbocycles. The minimum atomic E-state index is -0.337. The van der Waals surface area contributed by atoms with Crippen LogP contribution in [0.1, 0.15) is 22.5 Å². The number of carbonyl (C=O) groups excluding carboxylic acids is 1. The Morgan fingerprint density at radius 1 is 1.19 bits per heavy atom. The van der Waals surface area contributed by atoms with Gasteiger partial charge in [0.1, 0.15) is 11.6 Å². The first-order chi connectivity index (χ1) is 12.7. The molecule has 0 atom stereocenters. The predicted octanol–water partition coefficient (Wildman–Crippen LogP) is 4.04. The van der Waals surface area contributed by atoms with Gasteiger partial charge in [0.05, 0.1) is 12.5 Å². The minimum absolute atomic E-state index is 0.172. The van der Waals surface area contributed by atoms with E-state index in [1.54, 1.807) is 47.6 Å². The third-order valence-electron chi connectivity index (χ3n) is 3.82. The summed E-state index contributed by atoms with van der Waals surface area (Å²) in [6, 6.07) is 14.8. The van der Waals surface area contributed by atoms with Crippen molar-refractivity contribution in [3.05, 3.63) is 78.1 Å². The van der Waals surface area contributed by atoms with Gasteiger partial charge in [-0.25, -0.2) is 4.39 Å². The highest BCUT2D eigenvalue weighted by Gasteiger charge is 2.20. The molecule has 5 nitrogen and oxygen atoms in total. The van der Waals surface area contributed by atoms with Gasteiger partial charge < -0.3 is 9.32 Å². The van der Waals surface area contributed by atoms with Crippen LogP contribution in [-0.2, 0) is 6.54 Å². The van der Waals surface area contributed by atoms with Crippen LogP contribution in [0.25, 0.3) is 11.3 Å². The van der Waals surface area contributed by atoms with Crippen LogP contribution in [0.15, 0.2) is 65.3 Å². The number of benzene rings is 1. The maximum absolute atomic E-state index is 13.0. The van der Waals surface area contributed by atoms with E-state index in [2.05, 4.69) is 11.1 Å². The molecule has 0 spiro atoms. The van der Waals surface area contributed by atoms with Crippen LogP contribution in [0.4, 0.5) is 4.39 Å². The molecule has 0 fully saturated rings. The molecule has 0 unspecified atom stereocenters. The number of amides is 1. The lowest BCUT2D eigenvalue weighted by molar-refractivity contribution is 0.0715. The minimum Gasteiger partial charge on any atom is -0.451 e. The number of nitrogens with zero attached hydrogens (tertiary/aromatic N) is 3. The molecule has 0 bridgehead atoms. The molecule has 2 heterocycles. The summed E-state index contributed by atoms with van der Waals surface area (Å²) in [5.74, 6) is 0.00864. The fraction of sp³-hybridized carbons (Fsp3) is 0.150. The average Bonchev–Trinajstić information content (AvgIpc) is 3.16. The average molecular weight is 349 g/mol. The van der Waals surface area contributed by atoms with Gasteiger partial charge in [-0.3, -0.25) is 9.78 Å². The van der Waals surface area contributed by atoms with Crippen LogP contribution in [0.3, 0.4) is 0 Å². The highest BCUT2D eigenvalue weighted by atomic mass is 19.1. The Morgan fingerprint density at radius 3 is 2.69 bits per heavy atom. The van der Waals surface area contributed by atoms with Gasteiger partial charge in [-0.1, -0.05) is 6.07 Å². The molecule has 0 radical (unpaired) electrons. The molecule has 130 valence electrons. The van der Waals surface area contributed by atoms with E-state index >= 15 is 0 Å². The molecule has 6 heteroatoms.